The van der Waals surface area contributed by atoms with Gasteiger partial charge >= 0.3 is 5.97 Å². The van der Waals surface area contributed by atoms with Gasteiger partial charge in [0, 0.05) is 23.7 Å². The molecule has 0 aliphatic carbocycles. The number of carboxylic acid groups (broad SMARTS) is 1. The molecule has 4 nitrogen and oxygen atoms in total. The molecular formula is C13H16ClNO3. The summed E-state index contributed by atoms with van der Waals surface area (Å²) in [4.78, 5) is 12.9. The number of hydrogen-bond donors (Lipinski definition) is 1. The van der Waals surface area contributed by atoms with Gasteiger partial charge in [-0.25, -0.2) is 0 Å². The van der Waals surface area contributed by atoms with Crippen LogP contribution in [0.3, 0.4) is 0 Å². The number of hydrogen-bond acceptors (Lipinski definition) is 3. The van der Waals surface area contributed by atoms with E-state index in [1.165, 1.54) is 0 Å². The Morgan fingerprint density at radius 2 is 2.28 bits per heavy atom. The van der Waals surface area contributed by atoms with Crippen LogP contribution in [0.25, 0.3) is 0 Å². The number of carbonyl (C=O) groups is 1. The van der Waals surface area contributed by atoms with Gasteiger partial charge < -0.3 is 9.84 Å². The zero-order valence-electron chi connectivity index (χ0n) is 10.2. The molecule has 0 radical (unpaired) electrons. The Labute approximate surface area is 111 Å². The number of nitrogens with zero attached hydrogens (tertiary/aromatic N) is 1. The molecule has 0 aromatic heterocycles. The Morgan fingerprint density at radius 1 is 1.56 bits per heavy atom. The second kappa shape index (κ2) is 5.69. The molecule has 1 aromatic rings. The highest BCUT2D eigenvalue weighted by Gasteiger charge is 2.29. The Hall–Kier alpha value is -1.10. The molecule has 98 valence electrons. The highest BCUT2D eigenvalue weighted by Crippen LogP contribution is 2.28. The number of ether oxygens (including phenoxy) is 1. The van der Waals surface area contributed by atoms with Crippen molar-refractivity contribution in [3.63, 3.8) is 0 Å². The molecule has 1 N–H and O–H groups in total. The number of halogens is 1. The molecule has 0 saturated carbocycles. The van der Waals surface area contributed by atoms with Gasteiger partial charge in [-0.05, 0) is 13.0 Å². The fraction of sp³-hybridized carbons (Fsp3) is 0.462. The van der Waals surface area contributed by atoms with Crippen molar-refractivity contribution in [3.8, 4) is 0 Å². The summed E-state index contributed by atoms with van der Waals surface area (Å²) in [6.45, 7) is 3.40. The van der Waals surface area contributed by atoms with E-state index >= 15 is 0 Å². The second-order valence-corrected chi connectivity index (χ2v) is 4.80. The van der Waals surface area contributed by atoms with Crippen molar-refractivity contribution in [1.82, 2.24) is 4.90 Å². The molecule has 1 saturated heterocycles. The molecule has 1 aromatic carbocycles. The standard InChI is InChI=1S/C13H16ClNO3/c1-9(13(16)17)15-6-7-18-12(8-15)10-4-2-3-5-11(10)14/h2-5,9,12H,6-8H2,1H3,(H,16,17)/t9-,12-/m0/s1. The lowest BCUT2D eigenvalue weighted by Crippen LogP contribution is -2.46. The lowest BCUT2D eigenvalue weighted by Gasteiger charge is -2.35. The van der Waals surface area contributed by atoms with Crippen LogP contribution in [-0.2, 0) is 9.53 Å². The molecule has 18 heavy (non-hydrogen) atoms. The molecule has 5 heteroatoms. The Balaban J connectivity index is 2.12. The van der Waals surface area contributed by atoms with Crippen LogP contribution in [-0.4, -0.2) is 41.7 Å². The predicted molar refractivity (Wildman–Crippen MR) is 68.8 cm³/mol. The van der Waals surface area contributed by atoms with E-state index in [0.717, 1.165) is 5.56 Å². The van der Waals surface area contributed by atoms with Crippen molar-refractivity contribution in [2.24, 2.45) is 0 Å². The first-order valence-electron chi connectivity index (χ1n) is 5.92. The van der Waals surface area contributed by atoms with E-state index < -0.39 is 12.0 Å². The number of morpholine rings is 1. The summed E-state index contributed by atoms with van der Waals surface area (Å²) in [5.41, 5.74) is 0.918. The van der Waals surface area contributed by atoms with Crippen molar-refractivity contribution in [3.05, 3.63) is 34.9 Å². The van der Waals surface area contributed by atoms with Gasteiger partial charge in [0.15, 0.2) is 0 Å². The number of rotatable bonds is 3. The van der Waals surface area contributed by atoms with Gasteiger partial charge in [-0.2, -0.15) is 0 Å². The van der Waals surface area contributed by atoms with Crippen molar-refractivity contribution in [2.45, 2.75) is 19.1 Å². The molecule has 0 spiro atoms. The zero-order valence-corrected chi connectivity index (χ0v) is 10.9. The van der Waals surface area contributed by atoms with Gasteiger partial charge in [0.05, 0.1) is 12.7 Å². The average molecular weight is 270 g/mol. The van der Waals surface area contributed by atoms with Crippen LogP contribution in [0.1, 0.15) is 18.6 Å². The van der Waals surface area contributed by atoms with Crippen LogP contribution in [0.2, 0.25) is 5.02 Å². The molecule has 0 amide bonds. The molecule has 0 bridgehead atoms. The summed E-state index contributed by atoms with van der Waals surface area (Å²) in [6.07, 6.45) is -0.158. The molecule has 2 atom stereocenters. The highest BCUT2D eigenvalue weighted by molar-refractivity contribution is 6.31. The summed E-state index contributed by atoms with van der Waals surface area (Å²) in [6, 6.07) is 7.01. The maximum Gasteiger partial charge on any atom is 0.320 e. The van der Waals surface area contributed by atoms with Crippen LogP contribution >= 0.6 is 11.6 Å². The van der Waals surface area contributed by atoms with E-state index in [1.807, 2.05) is 29.2 Å². The number of benzene rings is 1. The molecule has 1 aliphatic rings. The van der Waals surface area contributed by atoms with E-state index in [4.69, 9.17) is 21.4 Å². The van der Waals surface area contributed by atoms with Crippen LogP contribution in [0.4, 0.5) is 0 Å². The van der Waals surface area contributed by atoms with E-state index in [9.17, 15) is 4.79 Å². The van der Waals surface area contributed by atoms with Crippen molar-refractivity contribution in [2.75, 3.05) is 19.7 Å². The quantitative estimate of drug-likeness (QED) is 0.914. The smallest absolute Gasteiger partial charge is 0.320 e. The van der Waals surface area contributed by atoms with E-state index in [0.29, 0.717) is 24.7 Å². The monoisotopic (exact) mass is 269 g/mol. The van der Waals surface area contributed by atoms with E-state index in [2.05, 4.69) is 0 Å². The normalized spacial score (nSPS) is 22.7. The minimum absolute atomic E-state index is 0.158. The molecule has 1 fully saturated rings. The lowest BCUT2D eigenvalue weighted by atomic mass is 10.1. The van der Waals surface area contributed by atoms with Gasteiger partial charge in [0.2, 0.25) is 0 Å². The van der Waals surface area contributed by atoms with Crippen molar-refractivity contribution < 1.29 is 14.6 Å². The highest BCUT2D eigenvalue weighted by atomic mass is 35.5. The molecule has 1 aliphatic heterocycles. The summed E-state index contributed by atoms with van der Waals surface area (Å²) in [5, 5.41) is 9.70. The molecular weight excluding hydrogens is 254 g/mol. The van der Waals surface area contributed by atoms with Gasteiger partial charge in [0.1, 0.15) is 6.04 Å². The Morgan fingerprint density at radius 3 is 2.94 bits per heavy atom. The SMILES string of the molecule is C[C@@H](C(=O)O)N1CCO[C@H](c2ccccc2Cl)C1. The largest absolute Gasteiger partial charge is 0.480 e. The summed E-state index contributed by atoms with van der Waals surface area (Å²) in [7, 11) is 0. The Kier molecular flexibility index (Phi) is 4.22. The molecule has 1 heterocycles. The summed E-state index contributed by atoms with van der Waals surface area (Å²) in [5.74, 6) is -0.810. The average Bonchev–Trinajstić information content (AvgIpc) is 2.38. The first-order valence-corrected chi connectivity index (χ1v) is 6.30. The van der Waals surface area contributed by atoms with Gasteiger partial charge in [0.25, 0.3) is 0 Å². The zero-order chi connectivity index (χ0) is 13.1. The minimum atomic E-state index is -0.810. The lowest BCUT2D eigenvalue weighted by molar-refractivity contribution is -0.145. The first-order chi connectivity index (χ1) is 8.59. The van der Waals surface area contributed by atoms with Crippen LogP contribution < -0.4 is 0 Å². The topological polar surface area (TPSA) is 49.8 Å². The number of aliphatic carboxylic acids is 1. The third-order valence-corrected chi connectivity index (χ3v) is 3.60. The van der Waals surface area contributed by atoms with Crippen molar-refractivity contribution >= 4 is 17.6 Å². The van der Waals surface area contributed by atoms with Gasteiger partial charge in [-0.1, -0.05) is 29.8 Å². The molecule has 2 rings (SSSR count). The van der Waals surface area contributed by atoms with Gasteiger partial charge in [-0.15, -0.1) is 0 Å². The van der Waals surface area contributed by atoms with Crippen molar-refractivity contribution in [1.29, 1.82) is 0 Å². The fourth-order valence-corrected chi connectivity index (χ4v) is 2.36. The van der Waals surface area contributed by atoms with E-state index in [-0.39, 0.29) is 6.10 Å². The third-order valence-electron chi connectivity index (χ3n) is 3.26. The predicted octanol–water partition coefficient (Wildman–Crippen LogP) is 2.19. The van der Waals surface area contributed by atoms with Crippen LogP contribution in [0, 0.1) is 0 Å². The minimum Gasteiger partial charge on any atom is -0.480 e. The Bertz CT molecular complexity index is 438. The second-order valence-electron chi connectivity index (χ2n) is 4.39. The van der Waals surface area contributed by atoms with Crippen LogP contribution in [0.5, 0.6) is 0 Å². The molecule has 0 unspecified atom stereocenters. The summed E-state index contributed by atoms with van der Waals surface area (Å²) < 4.78 is 5.69. The maximum atomic E-state index is 11.0. The third kappa shape index (κ3) is 2.83. The first kappa shape index (κ1) is 13.3. The van der Waals surface area contributed by atoms with Gasteiger partial charge in [-0.3, -0.25) is 9.69 Å². The number of carboxylic acids is 1. The van der Waals surface area contributed by atoms with E-state index in [1.54, 1.807) is 6.92 Å². The summed E-state index contributed by atoms with van der Waals surface area (Å²) >= 11 is 6.13. The fourth-order valence-electron chi connectivity index (χ4n) is 2.10. The maximum absolute atomic E-state index is 11.0. The van der Waals surface area contributed by atoms with Crippen LogP contribution in [0.15, 0.2) is 24.3 Å².